The Kier molecular flexibility index (Phi) is 7.24. The first-order valence-electron chi connectivity index (χ1n) is 11.6. The van der Waals surface area contributed by atoms with Gasteiger partial charge in [-0.3, -0.25) is 14.2 Å². The van der Waals surface area contributed by atoms with Crippen molar-refractivity contribution in [3.05, 3.63) is 51.5 Å². The van der Waals surface area contributed by atoms with E-state index in [0.717, 1.165) is 31.4 Å². The number of nitrogens with zero attached hydrogens (tertiary/aromatic N) is 3. The van der Waals surface area contributed by atoms with E-state index >= 15 is 0 Å². The number of unbranched alkanes of at least 4 members (excludes halogenated alkanes) is 2. The molecular formula is C25H32ClN3O2. The van der Waals surface area contributed by atoms with Crippen LogP contribution in [0.5, 0.6) is 0 Å². The van der Waals surface area contributed by atoms with Crippen molar-refractivity contribution in [2.24, 2.45) is 11.8 Å². The average molecular weight is 442 g/mol. The number of benzene rings is 1. The molecule has 3 aliphatic rings. The maximum atomic E-state index is 13.0. The molecule has 1 unspecified atom stereocenters. The molecule has 1 aromatic heterocycles. The van der Waals surface area contributed by atoms with Crippen molar-refractivity contribution in [2.45, 2.75) is 58.4 Å². The Bertz CT molecular complexity index is 962. The van der Waals surface area contributed by atoms with Gasteiger partial charge in [0.1, 0.15) is 5.82 Å². The molecule has 166 valence electrons. The molecule has 0 N–H and O–H groups in total. The number of rotatable bonds is 9. The lowest BCUT2D eigenvalue weighted by Gasteiger charge is -2.44. The first-order valence-corrected chi connectivity index (χ1v) is 12.0. The number of halogens is 1. The minimum absolute atomic E-state index is 0.136. The second-order valence-electron chi connectivity index (χ2n) is 9.09. The van der Waals surface area contributed by atoms with E-state index in [0.29, 0.717) is 41.2 Å². The number of carbonyl (C=O) groups is 1. The fourth-order valence-corrected chi connectivity index (χ4v) is 5.19. The molecule has 3 saturated heterocycles. The van der Waals surface area contributed by atoms with Gasteiger partial charge in [-0.05, 0) is 56.3 Å². The number of aryl methyl sites for hydroxylation is 1. The molecule has 2 bridgehead atoms. The van der Waals surface area contributed by atoms with Crippen LogP contribution >= 0.6 is 11.6 Å². The van der Waals surface area contributed by atoms with E-state index in [4.69, 9.17) is 16.6 Å². The number of fused-ring (bicyclic) bond motifs is 3. The van der Waals surface area contributed by atoms with E-state index in [1.165, 1.54) is 25.9 Å². The molecule has 5 rings (SSSR count). The van der Waals surface area contributed by atoms with E-state index in [1.807, 2.05) is 12.1 Å². The lowest BCUT2D eigenvalue weighted by atomic mass is 9.77. The predicted octanol–water partition coefficient (Wildman–Crippen LogP) is 4.60. The van der Waals surface area contributed by atoms with Crippen LogP contribution < -0.4 is 5.56 Å². The Balaban J connectivity index is 1.54. The quantitative estimate of drug-likeness (QED) is 0.534. The van der Waals surface area contributed by atoms with Gasteiger partial charge >= 0.3 is 0 Å². The summed E-state index contributed by atoms with van der Waals surface area (Å²) in [6.45, 7) is 5.67. The Morgan fingerprint density at radius 2 is 1.90 bits per heavy atom. The van der Waals surface area contributed by atoms with E-state index in [-0.39, 0.29) is 17.9 Å². The highest BCUT2D eigenvalue weighted by molar-refractivity contribution is 6.30. The molecule has 4 heterocycles. The van der Waals surface area contributed by atoms with Crippen molar-refractivity contribution in [3.8, 4) is 11.3 Å². The van der Waals surface area contributed by atoms with Crippen molar-refractivity contribution < 1.29 is 4.79 Å². The van der Waals surface area contributed by atoms with Gasteiger partial charge in [0, 0.05) is 36.0 Å². The van der Waals surface area contributed by atoms with Crippen LogP contribution in [0, 0.1) is 11.8 Å². The fraction of sp³-hybridized carbons (Fsp3) is 0.560. The van der Waals surface area contributed by atoms with Crippen molar-refractivity contribution in [1.29, 1.82) is 0 Å². The third-order valence-electron chi connectivity index (χ3n) is 6.85. The van der Waals surface area contributed by atoms with Crippen molar-refractivity contribution >= 4 is 17.4 Å². The largest absolute Gasteiger partial charge is 0.303 e. The van der Waals surface area contributed by atoms with Crippen molar-refractivity contribution in [2.75, 3.05) is 19.6 Å². The van der Waals surface area contributed by atoms with Gasteiger partial charge in [0.15, 0.2) is 5.78 Å². The summed E-state index contributed by atoms with van der Waals surface area (Å²) in [5.41, 5.74) is 1.37. The molecule has 2 aromatic rings. The van der Waals surface area contributed by atoms with Crippen LogP contribution in [0.15, 0.2) is 35.1 Å². The molecule has 0 amide bonds. The lowest BCUT2D eigenvalue weighted by molar-refractivity contribution is -0.122. The highest BCUT2D eigenvalue weighted by Gasteiger charge is 2.35. The Morgan fingerprint density at radius 1 is 1.16 bits per heavy atom. The normalized spacial score (nSPS) is 22.6. The van der Waals surface area contributed by atoms with Gasteiger partial charge in [0.25, 0.3) is 5.56 Å². The zero-order chi connectivity index (χ0) is 21.8. The molecule has 5 nitrogen and oxygen atoms in total. The Morgan fingerprint density at radius 3 is 2.55 bits per heavy atom. The van der Waals surface area contributed by atoms with Gasteiger partial charge < -0.3 is 4.90 Å². The van der Waals surface area contributed by atoms with Crippen molar-refractivity contribution in [1.82, 2.24) is 14.5 Å². The highest BCUT2D eigenvalue weighted by Crippen LogP contribution is 2.34. The van der Waals surface area contributed by atoms with Crippen LogP contribution in [0.4, 0.5) is 0 Å². The second-order valence-corrected chi connectivity index (χ2v) is 9.52. The number of ketones is 1. The molecule has 0 radical (unpaired) electrons. The monoisotopic (exact) mass is 441 g/mol. The molecule has 3 fully saturated rings. The number of piperidine rings is 3. The topological polar surface area (TPSA) is 55.2 Å². The van der Waals surface area contributed by atoms with E-state index in [2.05, 4.69) is 11.8 Å². The number of Topliss-reactive ketones (excluding diaryl/α,β-unsaturated/α-hetero) is 1. The first kappa shape index (κ1) is 22.2. The van der Waals surface area contributed by atoms with Gasteiger partial charge in [0.05, 0.1) is 12.2 Å². The van der Waals surface area contributed by atoms with E-state index in [1.54, 1.807) is 22.8 Å². The standard InChI is InChI=1S/C25H32ClN3O2/c1-2-3-4-5-24-27-23(19-6-8-21(26)9-7-19)15-25(31)29(24)17-22(30)14-20-16-28-12-10-18(20)11-13-28/h6-9,15,18,20H,2-5,10-14,16-17H2,1H3. The van der Waals surface area contributed by atoms with Crippen molar-refractivity contribution in [3.63, 3.8) is 0 Å². The molecule has 0 spiro atoms. The Labute approximate surface area is 189 Å². The maximum Gasteiger partial charge on any atom is 0.254 e. The molecule has 1 aromatic carbocycles. The summed E-state index contributed by atoms with van der Waals surface area (Å²) in [4.78, 5) is 33.3. The summed E-state index contributed by atoms with van der Waals surface area (Å²) in [6.07, 6.45) is 6.82. The average Bonchev–Trinajstić information content (AvgIpc) is 2.77. The number of hydrogen-bond acceptors (Lipinski definition) is 4. The van der Waals surface area contributed by atoms with Gasteiger partial charge in [-0.15, -0.1) is 0 Å². The van der Waals surface area contributed by atoms with Gasteiger partial charge in [-0.2, -0.15) is 0 Å². The summed E-state index contributed by atoms with van der Waals surface area (Å²) in [6, 6.07) is 8.91. The molecule has 31 heavy (non-hydrogen) atoms. The first-order chi connectivity index (χ1) is 15.0. The Hall–Kier alpha value is -1.98. The zero-order valence-electron chi connectivity index (χ0n) is 18.4. The minimum atomic E-state index is -0.145. The number of hydrogen-bond donors (Lipinski definition) is 0. The van der Waals surface area contributed by atoms with Gasteiger partial charge in [-0.25, -0.2) is 4.98 Å². The summed E-state index contributed by atoms with van der Waals surface area (Å²) < 4.78 is 1.61. The molecule has 0 aliphatic carbocycles. The third kappa shape index (κ3) is 5.45. The summed E-state index contributed by atoms with van der Waals surface area (Å²) in [7, 11) is 0. The molecule has 0 saturated carbocycles. The third-order valence-corrected chi connectivity index (χ3v) is 7.10. The molecule has 6 heteroatoms. The maximum absolute atomic E-state index is 13.0. The number of aromatic nitrogens is 2. The summed E-state index contributed by atoms with van der Waals surface area (Å²) in [5, 5.41) is 0.651. The van der Waals surface area contributed by atoms with E-state index in [9.17, 15) is 9.59 Å². The minimum Gasteiger partial charge on any atom is -0.303 e. The van der Waals surface area contributed by atoms with Crippen LogP contribution in [0.25, 0.3) is 11.3 Å². The number of carbonyl (C=O) groups excluding carboxylic acids is 1. The summed E-state index contributed by atoms with van der Waals surface area (Å²) >= 11 is 6.01. The van der Waals surface area contributed by atoms with E-state index < -0.39 is 0 Å². The smallest absolute Gasteiger partial charge is 0.254 e. The van der Waals surface area contributed by atoms with Crippen LogP contribution in [0.3, 0.4) is 0 Å². The molecular weight excluding hydrogens is 410 g/mol. The van der Waals surface area contributed by atoms with Crippen LogP contribution in [0.1, 0.15) is 51.3 Å². The fourth-order valence-electron chi connectivity index (χ4n) is 5.07. The predicted molar refractivity (Wildman–Crippen MR) is 124 cm³/mol. The van der Waals surface area contributed by atoms with Crippen LogP contribution in [0.2, 0.25) is 5.02 Å². The molecule has 3 aliphatic heterocycles. The molecule has 1 atom stereocenters. The van der Waals surface area contributed by atoms with Crippen LogP contribution in [-0.2, 0) is 17.8 Å². The second kappa shape index (κ2) is 10.1. The van der Waals surface area contributed by atoms with Gasteiger partial charge in [0.2, 0.25) is 0 Å². The van der Waals surface area contributed by atoms with Gasteiger partial charge in [-0.1, -0.05) is 43.5 Å². The lowest BCUT2D eigenvalue weighted by Crippen LogP contribution is -2.48. The summed E-state index contributed by atoms with van der Waals surface area (Å²) in [5.74, 6) is 1.97. The zero-order valence-corrected chi connectivity index (χ0v) is 19.1. The SMILES string of the molecule is CCCCCc1nc(-c2ccc(Cl)cc2)cc(=O)n1CC(=O)CC1CN2CCC1CC2. The van der Waals surface area contributed by atoms with Crippen LogP contribution in [-0.4, -0.2) is 39.9 Å². The highest BCUT2D eigenvalue weighted by atomic mass is 35.5.